The van der Waals surface area contributed by atoms with Crippen LogP contribution in [0.25, 0.3) is 10.9 Å². The van der Waals surface area contributed by atoms with Crippen LogP contribution >= 0.6 is 11.6 Å². The SMILES string of the molecule is CNC(=O)[C@H](Nc1cccc(C(=O)O)c1)c1cc(Cl)cc2[nH]ncc12. The summed E-state index contributed by atoms with van der Waals surface area (Å²) in [6, 6.07) is 8.89. The number of nitrogens with one attached hydrogen (secondary N) is 3. The molecule has 25 heavy (non-hydrogen) atoms. The van der Waals surface area contributed by atoms with Crippen molar-refractivity contribution in [3.8, 4) is 0 Å². The monoisotopic (exact) mass is 358 g/mol. The number of aromatic amines is 1. The van der Waals surface area contributed by atoms with Crippen molar-refractivity contribution in [2.45, 2.75) is 6.04 Å². The number of amides is 1. The molecule has 0 aliphatic heterocycles. The average molecular weight is 359 g/mol. The zero-order valence-electron chi connectivity index (χ0n) is 13.2. The molecule has 3 aromatic rings. The van der Waals surface area contributed by atoms with Crippen LogP contribution in [0.3, 0.4) is 0 Å². The van der Waals surface area contributed by atoms with E-state index in [4.69, 9.17) is 16.7 Å². The number of hydrogen-bond donors (Lipinski definition) is 4. The van der Waals surface area contributed by atoms with Crippen LogP contribution in [0.2, 0.25) is 5.02 Å². The highest BCUT2D eigenvalue weighted by Crippen LogP contribution is 2.30. The van der Waals surface area contributed by atoms with Gasteiger partial charge in [0.15, 0.2) is 0 Å². The van der Waals surface area contributed by atoms with Crippen LogP contribution in [0.5, 0.6) is 0 Å². The zero-order valence-corrected chi connectivity index (χ0v) is 14.0. The maximum absolute atomic E-state index is 12.4. The quantitative estimate of drug-likeness (QED) is 0.561. The second kappa shape index (κ2) is 6.82. The highest BCUT2D eigenvalue weighted by atomic mass is 35.5. The Kier molecular flexibility index (Phi) is 4.58. The first kappa shape index (κ1) is 16.8. The van der Waals surface area contributed by atoms with Gasteiger partial charge < -0.3 is 15.7 Å². The lowest BCUT2D eigenvalue weighted by Gasteiger charge is -2.20. The number of rotatable bonds is 5. The van der Waals surface area contributed by atoms with Crippen molar-refractivity contribution >= 4 is 40.1 Å². The number of benzene rings is 2. The van der Waals surface area contributed by atoms with E-state index >= 15 is 0 Å². The van der Waals surface area contributed by atoms with Crippen molar-refractivity contribution in [1.82, 2.24) is 15.5 Å². The van der Waals surface area contributed by atoms with E-state index in [2.05, 4.69) is 20.8 Å². The van der Waals surface area contributed by atoms with Crippen LogP contribution in [0.15, 0.2) is 42.6 Å². The number of anilines is 1. The summed E-state index contributed by atoms with van der Waals surface area (Å²) in [4.78, 5) is 23.6. The number of likely N-dealkylation sites (N-methyl/N-ethyl adjacent to an activating group) is 1. The van der Waals surface area contributed by atoms with Gasteiger partial charge in [0.05, 0.1) is 17.3 Å². The third kappa shape index (κ3) is 3.41. The molecule has 8 heteroatoms. The largest absolute Gasteiger partial charge is 0.478 e. The molecule has 1 heterocycles. The summed E-state index contributed by atoms with van der Waals surface area (Å²) in [5, 5.41) is 22.8. The molecule has 3 rings (SSSR count). The van der Waals surface area contributed by atoms with Crippen LogP contribution in [0.4, 0.5) is 5.69 Å². The molecule has 0 aliphatic rings. The fourth-order valence-electron chi connectivity index (χ4n) is 2.62. The first-order valence-corrected chi connectivity index (χ1v) is 7.81. The van der Waals surface area contributed by atoms with E-state index in [-0.39, 0.29) is 11.5 Å². The van der Waals surface area contributed by atoms with E-state index in [0.717, 1.165) is 5.39 Å². The molecular formula is C17H15ClN4O3. The van der Waals surface area contributed by atoms with Gasteiger partial charge in [0.25, 0.3) is 0 Å². The minimum atomic E-state index is -1.04. The van der Waals surface area contributed by atoms with Crippen LogP contribution in [-0.2, 0) is 4.79 Å². The zero-order chi connectivity index (χ0) is 18.0. The predicted octanol–water partition coefficient (Wildman–Crippen LogP) is 2.81. The summed E-state index contributed by atoms with van der Waals surface area (Å²) in [5.74, 6) is -1.33. The standard InChI is InChI=1S/C17H15ClN4O3/c1-19-16(23)15(21-11-4-2-3-9(5-11)17(24)25)12-6-10(18)7-14-13(12)8-20-22-14/h2-8,15,21H,1H3,(H,19,23)(H,20,22)(H,24,25)/t15-/m1/s1. The van der Waals surface area contributed by atoms with Gasteiger partial charge in [0.2, 0.25) is 5.91 Å². The minimum Gasteiger partial charge on any atom is -0.478 e. The van der Waals surface area contributed by atoms with Gasteiger partial charge in [0.1, 0.15) is 6.04 Å². The fourth-order valence-corrected chi connectivity index (χ4v) is 2.85. The Morgan fingerprint density at radius 2 is 2.08 bits per heavy atom. The van der Waals surface area contributed by atoms with Crippen molar-refractivity contribution in [1.29, 1.82) is 0 Å². The van der Waals surface area contributed by atoms with Gasteiger partial charge in [-0.3, -0.25) is 9.89 Å². The Morgan fingerprint density at radius 1 is 1.28 bits per heavy atom. The molecular weight excluding hydrogens is 344 g/mol. The first-order valence-electron chi connectivity index (χ1n) is 7.43. The molecule has 0 fully saturated rings. The molecule has 128 valence electrons. The maximum atomic E-state index is 12.4. The molecule has 0 radical (unpaired) electrons. The maximum Gasteiger partial charge on any atom is 0.335 e. The molecule has 1 atom stereocenters. The van der Waals surface area contributed by atoms with E-state index in [1.54, 1.807) is 30.5 Å². The minimum absolute atomic E-state index is 0.125. The van der Waals surface area contributed by atoms with E-state index in [1.165, 1.54) is 19.2 Å². The van der Waals surface area contributed by atoms with E-state index in [1.807, 2.05) is 0 Å². The van der Waals surface area contributed by atoms with Crippen LogP contribution in [0.1, 0.15) is 22.0 Å². The second-order valence-corrected chi connectivity index (χ2v) is 5.84. The number of aromatic carboxylic acids is 1. The summed E-state index contributed by atoms with van der Waals surface area (Å²) in [5.41, 5.74) is 1.97. The Labute approximate surface area is 148 Å². The average Bonchev–Trinajstić information content (AvgIpc) is 3.07. The smallest absolute Gasteiger partial charge is 0.335 e. The highest BCUT2D eigenvalue weighted by Gasteiger charge is 2.23. The van der Waals surface area contributed by atoms with Crippen LogP contribution in [-0.4, -0.2) is 34.2 Å². The number of halogens is 1. The van der Waals surface area contributed by atoms with Crippen molar-refractivity contribution in [3.63, 3.8) is 0 Å². The summed E-state index contributed by atoms with van der Waals surface area (Å²) >= 11 is 6.16. The summed E-state index contributed by atoms with van der Waals surface area (Å²) < 4.78 is 0. The molecule has 0 saturated heterocycles. The normalized spacial score (nSPS) is 11.9. The van der Waals surface area contributed by atoms with Gasteiger partial charge in [-0.15, -0.1) is 0 Å². The lowest BCUT2D eigenvalue weighted by atomic mass is 10.0. The number of aromatic nitrogens is 2. The van der Waals surface area contributed by atoms with E-state index in [9.17, 15) is 9.59 Å². The molecule has 4 N–H and O–H groups in total. The molecule has 0 saturated carbocycles. The lowest BCUT2D eigenvalue weighted by Crippen LogP contribution is -2.31. The molecule has 0 unspecified atom stereocenters. The molecule has 1 amide bonds. The molecule has 2 aromatic carbocycles. The van der Waals surface area contributed by atoms with Gasteiger partial charge >= 0.3 is 5.97 Å². The van der Waals surface area contributed by atoms with Crippen molar-refractivity contribution in [3.05, 3.63) is 58.7 Å². The van der Waals surface area contributed by atoms with E-state index < -0.39 is 12.0 Å². The highest BCUT2D eigenvalue weighted by molar-refractivity contribution is 6.31. The Morgan fingerprint density at radius 3 is 2.80 bits per heavy atom. The van der Waals surface area contributed by atoms with Gasteiger partial charge in [-0.2, -0.15) is 5.10 Å². The number of carbonyl (C=O) groups is 2. The van der Waals surface area contributed by atoms with Gasteiger partial charge in [-0.05, 0) is 35.9 Å². The predicted molar refractivity (Wildman–Crippen MR) is 94.9 cm³/mol. The van der Waals surface area contributed by atoms with Gasteiger partial charge in [-0.1, -0.05) is 17.7 Å². The summed E-state index contributed by atoms with van der Waals surface area (Å²) in [6.07, 6.45) is 1.62. The van der Waals surface area contributed by atoms with Crippen molar-refractivity contribution < 1.29 is 14.7 Å². The van der Waals surface area contributed by atoms with Crippen LogP contribution < -0.4 is 10.6 Å². The van der Waals surface area contributed by atoms with E-state index in [0.29, 0.717) is 21.8 Å². The number of hydrogen-bond acceptors (Lipinski definition) is 4. The first-order chi connectivity index (χ1) is 12.0. The number of carboxylic acids is 1. The number of nitrogens with zero attached hydrogens (tertiary/aromatic N) is 1. The molecule has 0 bridgehead atoms. The summed E-state index contributed by atoms with van der Waals surface area (Å²) in [7, 11) is 1.53. The van der Waals surface area contributed by atoms with Crippen LogP contribution in [0, 0.1) is 0 Å². The van der Waals surface area contributed by atoms with Crippen molar-refractivity contribution in [2.24, 2.45) is 0 Å². The topological polar surface area (TPSA) is 107 Å². The molecule has 7 nitrogen and oxygen atoms in total. The number of fused-ring (bicyclic) bond motifs is 1. The Bertz CT molecular complexity index is 954. The molecule has 0 spiro atoms. The second-order valence-electron chi connectivity index (χ2n) is 5.40. The third-order valence-corrected chi connectivity index (χ3v) is 4.01. The Balaban J connectivity index is 2.06. The number of H-pyrrole nitrogens is 1. The third-order valence-electron chi connectivity index (χ3n) is 3.80. The van der Waals surface area contributed by atoms with Gasteiger partial charge in [-0.25, -0.2) is 4.79 Å². The molecule has 0 aliphatic carbocycles. The Hall–Kier alpha value is -3.06. The lowest BCUT2D eigenvalue weighted by molar-refractivity contribution is -0.121. The summed E-state index contributed by atoms with van der Waals surface area (Å²) in [6.45, 7) is 0. The van der Waals surface area contributed by atoms with Gasteiger partial charge in [0, 0.05) is 23.1 Å². The molecule has 1 aromatic heterocycles. The number of carboxylic acid groups (broad SMARTS) is 1. The van der Waals surface area contributed by atoms with Crippen molar-refractivity contribution in [2.75, 3.05) is 12.4 Å². The number of carbonyl (C=O) groups excluding carboxylic acids is 1. The fraction of sp³-hybridized carbons (Fsp3) is 0.118.